The summed E-state index contributed by atoms with van der Waals surface area (Å²) in [5, 5.41) is 9.65. The van der Waals surface area contributed by atoms with Crippen LogP contribution in [0, 0.1) is 17.6 Å². The number of aliphatic hydroxyl groups excluding tert-OH is 1. The summed E-state index contributed by atoms with van der Waals surface area (Å²) in [6.45, 7) is 1.78. The number of carbonyl (C=O) groups is 1. The second kappa shape index (κ2) is 10.4. The van der Waals surface area contributed by atoms with Gasteiger partial charge in [-0.15, -0.1) is 0 Å². The van der Waals surface area contributed by atoms with Crippen molar-refractivity contribution < 1.29 is 36.6 Å². The summed E-state index contributed by atoms with van der Waals surface area (Å²) in [5.41, 5.74) is -0.304. The van der Waals surface area contributed by atoms with Crippen LogP contribution in [0.5, 0.6) is 5.75 Å². The number of benzene rings is 2. The molecule has 0 aromatic heterocycles. The molecule has 2 bridgehead atoms. The molecule has 8 nitrogen and oxygen atoms in total. The highest BCUT2D eigenvalue weighted by molar-refractivity contribution is 7.92. The summed E-state index contributed by atoms with van der Waals surface area (Å²) in [5.74, 6) is -2.86. The zero-order chi connectivity index (χ0) is 28.2. The van der Waals surface area contributed by atoms with E-state index >= 15 is 4.39 Å². The van der Waals surface area contributed by atoms with Gasteiger partial charge >= 0.3 is 6.09 Å². The van der Waals surface area contributed by atoms with E-state index in [0.717, 1.165) is 25.0 Å². The molecule has 40 heavy (non-hydrogen) atoms. The van der Waals surface area contributed by atoms with E-state index in [1.165, 1.54) is 24.3 Å². The van der Waals surface area contributed by atoms with Crippen LogP contribution in [0.3, 0.4) is 0 Å². The second-order valence-electron chi connectivity index (χ2n) is 11.1. The minimum Gasteiger partial charge on any atom is -0.490 e. The quantitative estimate of drug-likeness (QED) is 0.555. The molecule has 4 aliphatic rings. The first-order valence-electron chi connectivity index (χ1n) is 13.6. The molecule has 1 aliphatic carbocycles. The molecule has 6 rings (SSSR count). The van der Waals surface area contributed by atoms with Gasteiger partial charge in [-0.3, -0.25) is 9.80 Å². The molecular formula is C28H31ClF2N2O6S. The fourth-order valence-electron chi connectivity index (χ4n) is 7.22. The SMILES string of the molecule is O=C(O[C@@H]1CC[C@@]2(S(=O)(=O)c3ccc(Cl)cc3)c3c(F)ccc(F)c3OC[C@H]2C1)N1C2CCC1CN(CCO)C2. The standard InChI is InChI=1S/C28H31ClF2N2O6S/c29-18-1-5-22(6-2-18)40(36,37)28-10-9-21(13-17(28)16-38-26-24(31)8-7-23(30)25(26)28)39-27(35)33-19-3-4-20(33)15-32(14-19)11-12-34/h1-2,5-8,17,19-21,34H,3-4,9-16H2/t17-,19?,20?,21-,28+/m1/s1. The van der Waals surface area contributed by atoms with E-state index < -0.39 is 44.3 Å². The third-order valence-corrected chi connectivity index (χ3v) is 11.9. The highest BCUT2D eigenvalue weighted by atomic mass is 35.5. The first-order valence-corrected chi connectivity index (χ1v) is 15.5. The van der Waals surface area contributed by atoms with E-state index in [1.54, 1.807) is 4.90 Å². The summed E-state index contributed by atoms with van der Waals surface area (Å²) >= 11 is 6.00. The summed E-state index contributed by atoms with van der Waals surface area (Å²) in [4.78, 5) is 17.2. The van der Waals surface area contributed by atoms with Gasteiger partial charge in [0.05, 0.1) is 23.7 Å². The third kappa shape index (κ3) is 4.36. The summed E-state index contributed by atoms with van der Waals surface area (Å²) in [6, 6.07) is 7.48. The van der Waals surface area contributed by atoms with Gasteiger partial charge < -0.3 is 14.6 Å². The van der Waals surface area contributed by atoms with E-state index in [-0.39, 0.29) is 60.8 Å². The minimum absolute atomic E-state index is 0.00674. The lowest BCUT2D eigenvalue weighted by Gasteiger charge is -2.49. The van der Waals surface area contributed by atoms with Crippen molar-refractivity contribution in [1.82, 2.24) is 9.80 Å². The lowest BCUT2D eigenvalue weighted by atomic mass is 9.72. The molecule has 5 atom stereocenters. The molecule has 3 heterocycles. The van der Waals surface area contributed by atoms with Gasteiger partial charge in [0.2, 0.25) is 0 Å². The zero-order valence-electron chi connectivity index (χ0n) is 21.8. The first-order chi connectivity index (χ1) is 19.2. The molecule has 3 fully saturated rings. The molecule has 3 aliphatic heterocycles. The van der Waals surface area contributed by atoms with Crippen LogP contribution in [0.4, 0.5) is 13.6 Å². The molecule has 216 valence electrons. The number of nitrogens with zero attached hydrogens (tertiary/aromatic N) is 2. The van der Waals surface area contributed by atoms with Crippen molar-refractivity contribution in [3.05, 3.63) is 58.6 Å². The number of sulfone groups is 1. The highest BCUT2D eigenvalue weighted by Crippen LogP contribution is 2.57. The largest absolute Gasteiger partial charge is 0.490 e. The number of piperazine rings is 1. The number of carbonyl (C=O) groups excluding carboxylic acids is 1. The van der Waals surface area contributed by atoms with Crippen LogP contribution < -0.4 is 4.74 Å². The molecule has 0 radical (unpaired) electrons. The van der Waals surface area contributed by atoms with Crippen molar-refractivity contribution in [2.75, 3.05) is 32.8 Å². The summed E-state index contributed by atoms with van der Waals surface area (Å²) < 4.78 is 68.7. The number of likely N-dealkylation sites (tertiary alicyclic amines) is 1. The summed E-state index contributed by atoms with van der Waals surface area (Å²) in [7, 11) is -4.27. The molecular weight excluding hydrogens is 566 g/mol. The van der Waals surface area contributed by atoms with Crippen molar-refractivity contribution in [3.8, 4) is 5.75 Å². The lowest BCUT2D eigenvalue weighted by molar-refractivity contribution is -0.0132. The van der Waals surface area contributed by atoms with Crippen LogP contribution in [0.2, 0.25) is 5.02 Å². The molecule has 12 heteroatoms. The average molecular weight is 597 g/mol. The first kappa shape index (κ1) is 27.7. The average Bonchev–Trinajstić information content (AvgIpc) is 3.21. The van der Waals surface area contributed by atoms with E-state index in [4.69, 9.17) is 21.1 Å². The number of hydrogen-bond donors (Lipinski definition) is 1. The number of halogens is 3. The van der Waals surface area contributed by atoms with Crippen LogP contribution >= 0.6 is 11.6 Å². The third-order valence-electron chi connectivity index (χ3n) is 9.01. The van der Waals surface area contributed by atoms with Crippen molar-refractivity contribution in [3.63, 3.8) is 0 Å². The Balaban J connectivity index is 1.30. The fraction of sp³-hybridized carbons (Fsp3) is 0.536. The van der Waals surface area contributed by atoms with Crippen molar-refractivity contribution in [2.24, 2.45) is 5.92 Å². The number of β-amino-alcohol motifs (C(OH)–C–C–N with tert-alkyl or cyclic N) is 1. The Kier molecular flexibility index (Phi) is 7.21. The van der Waals surface area contributed by atoms with Gasteiger partial charge in [-0.1, -0.05) is 11.6 Å². The highest BCUT2D eigenvalue weighted by Gasteiger charge is 2.60. The zero-order valence-corrected chi connectivity index (χ0v) is 23.3. The Morgan fingerprint density at radius 1 is 1.07 bits per heavy atom. The molecule has 2 aromatic rings. The number of ether oxygens (including phenoxy) is 2. The maximum Gasteiger partial charge on any atom is 0.410 e. The van der Waals surface area contributed by atoms with E-state index in [0.29, 0.717) is 24.7 Å². The van der Waals surface area contributed by atoms with Crippen LogP contribution in [0.15, 0.2) is 41.3 Å². The van der Waals surface area contributed by atoms with Gasteiger partial charge in [-0.05, 0) is 68.5 Å². The van der Waals surface area contributed by atoms with Crippen LogP contribution in [-0.4, -0.2) is 80.5 Å². The predicted octanol–water partition coefficient (Wildman–Crippen LogP) is 4.13. The van der Waals surface area contributed by atoms with E-state index in [2.05, 4.69) is 4.90 Å². The molecule has 1 amide bonds. The van der Waals surface area contributed by atoms with Crippen LogP contribution in [-0.2, 0) is 19.3 Å². The number of rotatable bonds is 5. The summed E-state index contributed by atoms with van der Waals surface area (Å²) in [6.07, 6.45) is 0.859. The molecule has 1 saturated carbocycles. The monoisotopic (exact) mass is 596 g/mol. The molecule has 2 unspecified atom stereocenters. The minimum atomic E-state index is -4.27. The van der Waals surface area contributed by atoms with Crippen molar-refractivity contribution in [1.29, 1.82) is 0 Å². The van der Waals surface area contributed by atoms with Crippen molar-refractivity contribution >= 4 is 27.5 Å². The lowest BCUT2D eigenvalue weighted by Crippen LogP contribution is -2.57. The molecule has 1 N–H and O–H groups in total. The Morgan fingerprint density at radius 3 is 2.42 bits per heavy atom. The van der Waals surface area contributed by atoms with E-state index in [9.17, 15) is 22.7 Å². The van der Waals surface area contributed by atoms with Gasteiger partial charge in [0, 0.05) is 42.7 Å². The van der Waals surface area contributed by atoms with Crippen LogP contribution in [0.1, 0.15) is 37.7 Å². The van der Waals surface area contributed by atoms with Gasteiger partial charge in [0.15, 0.2) is 21.4 Å². The number of hydrogen-bond acceptors (Lipinski definition) is 7. The molecule has 2 saturated heterocycles. The van der Waals surface area contributed by atoms with Crippen LogP contribution in [0.25, 0.3) is 0 Å². The predicted molar refractivity (Wildman–Crippen MR) is 142 cm³/mol. The number of aliphatic hydroxyl groups is 1. The topological polar surface area (TPSA) is 96.4 Å². The van der Waals surface area contributed by atoms with Gasteiger partial charge in [0.1, 0.15) is 16.7 Å². The maximum absolute atomic E-state index is 15.5. The smallest absolute Gasteiger partial charge is 0.410 e. The van der Waals surface area contributed by atoms with Crippen molar-refractivity contribution in [2.45, 2.75) is 59.9 Å². The van der Waals surface area contributed by atoms with E-state index in [1.807, 2.05) is 0 Å². The Labute approximate surface area is 236 Å². The number of fused-ring (bicyclic) bond motifs is 5. The van der Waals surface area contributed by atoms with Gasteiger partial charge in [-0.25, -0.2) is 22.0 Å². The Hall–Kier alpha value is -2.47. The second-order valence-corrected chi connectivity index (χ2v) is 13.8. The molecule has 2 aromatic carbocycles. The normalized spacial score (nSPS) is 29.9. The maximum atomic E-state index is 15.5. The Morgan fingerprint density at radius 2 is 1.75 bits per heavy atom. The van der Waals surface area contributed by atoms with Gasteiger partial charge in [0.25, 0.3) is 0 Å². The molecule has 0 spiro atoms. The number of amides is 1. The fourth-order valence-corrected chi connectivity index (χ4v) is 9.71. The Bertz CT molecular complexity index is 1400. The van der Waals surface area contributed by atoms with Gasteiger partial charge in [-0.2, -0.15) is 0 Å².